The van der Waals surface area contributed by atoms with Crippen LogP contribution in [0.4, 0.5) is 21.9 Å². The zero-order valence-electron chi connectivity index (χ0n) is 31.5. The third-order valence-corrected chi connectivity index (χ3v) is 9.49. The first kappa shape index (κ1) is 38.0. The zero-order chi connectivity index (χ0) is 39.7. The Bertz CT molecular complexity index is 2570. The van der Waals surface area contributed by atoms with Gasteiger partial charge in [0.25, 0.3) is 11.8 Å². The van der Waals surface area contributed by atoms with Gasteiger partial charge in [-0.25, -0.2) is 4.79 Å². The number of ether oxygens (including phenoxy) is 2. The van der Waals surface area contributed by atoms with Gasteiger partial charge >= 0.3 is 6.03 Å². The largest absolute Gasteiger partial charge is 0.506 e. The van der Waals surface area contributed by atoms with Crippen LogP contribution in [-0.4, -0.2) is 35.6 Å². The third-order valence-electron chi connectivity index (χ3n) is 9.49. The molecule has 286 valence electrons. The van der Waals surface area contributed by atoms with E-state index in [2.05, 4.69) is 21.3 Å². The quantitative estimate of drug-likeness (QED) is 0.0794. The fourth-order valence-corrected chi connectivity index (χ4v) is 6.59. The van der Waals surface area contributed by atoms with Crippen molar-refractivity contribution in [2.45, 2.75) is 32.8 Å². The van der Waals surface area contributed by atoms with E-state index in [-0.39, 0.29) is 29.8 Å². The van der Waals surface area contributed by atoms with Crippen molar-refractivity contribution >= 4 is 56.5 Å². The first-order chi connectivity index (χ1) is 27.7. The van der Waals surface area contributed by atoms with Crippen LogP contribution < -0.4 is 30.7 Å². The summed E-state index contributed by atoms with van der Waals surface area (Å²) >= 11 is 0. The number of benzene rings is 7. The monoisotopic (exact) mass is 758 g/mol. The first-order valence-electron chi connectivity index (χ1n) is 18.7. The Labute approximate surface area is 330 Å². The number of aryl methyl sites for hydroxylation is 1. The average Bonchev–Trinajstić information content (AvgIpc) is 3.22. The highest BCUT2D eigenvalue weighted by Gasteiger charge is 2.21. The number of nitrogens with one attached hydrogen (secondary N) is 4. The maximum absolute atomic E-state index is 13.6. The summed E-state index contributed by atoms with van der Waals surface area (Å²) in [5, 5.41) is 25.9. The van der Waals surface area contributed by atoms with Gasteiger partial charge in [0, 0.05) is 34.1 Å². The lowest BCUT2D eigenvalue weighted by molar-refractivity contribution is -0.122. The highest BCUT2D eigenvalue weighted by atomic mass is 16.5. The molecule has 0 radical (unpaired) electrons. The molecule has 0 heterocycles. The number of fused-ring (bicyclic) bond motifs is 2. The molecule has 10 heteroatoms. The van der Waals surface area contributed by atoms with E-state index in [0.29, 0.717) is 57.9 Å². The van der Waals surface area contributed by atoms with Crippen molar-refractivity contribution in [3.05, 3.63) is 162 Å². The summed E-state index contributed by atoms with van der Waals surface area (Å²) in [7, 11) is 0. The number of hydrogen-bond donors (Lipinski definition) is 5. The van der Waals surface area contributed by atoms with Gasteiger partial charge < -0.3 is 35.8 Å². The fraction of sp³-hybridized carbons (Fsp3) is 0.128. The van der Waals surface area contributed by atoms with Gasteiger partial charge in [0.15, 0.2) is 6.10 Å². The molecule has 5 N–H and O–H groups in total. The Morgan fingerprint density at radius 2 is 1.33 bits per heavy atom. The van der Waals surface area contributed by atoms with Crippen LogP contribution in [0.5, 0.6) is 23.0 Å². The number of phenolic OH excluding ortho intramolecular Hbond substituents is 1. The van der Waals surface area contributed by atoms with E-state index in [0.717, 1.165) is 21.9 Å². The number of aromatic hydroxyl groups is 1. The van der Waals surface area contributed by atoms with Crippen molar-refractivity contribution in [3.63, 3.8) is 0 Å². The minimum absolute atomic E-state index is 0.0488. The Morgan fingerprint density at radius 3 is 2.12 bits per heavy atom. The van der Waals surface area contributed by atoms with Gasteiger partial charge in [0.05, 0.1) is 11.3 Å². The zero-order valence-corrected chi connectivity index (χ0v) is 31.5. The molecule has 0 fully saturated rings. The second-order valence-electron chi connectivity index (χ2n) is 13.5. The molecule has 4 amide bonds. The lowest BCUT2D eigenvalue weighted by Gasteiger charge is -2.18. The predicted octanol–water partition coefficient (Wildman–Crippen LogP) is 10.2. The second kappa shape index (κ2) is 17.4. The molecule has 57 heavy (non-hydrogen) atoms. The van der Waals surface area contributed by atoms with Crippen LogP contribution in [0.2, 0.25) is 0 Å². The van der Waals surface area contributed by atoms with Gasteiger partial charge in [-0.05, 0) is 90.9 Å². The van der Waals surface area contributed by atoms with Crippen molar-refractivity contribution < 1.29 is 29.0 Å². The lowest BCUT2D eigenvalue weighted by Crippen LogP contribution is -2.32. The van der Waals surface area contributed by atoms with Crippen LogP contribution in [0.3, 0.4) is 0 Å². The molecular formula is C47H42N4O6. The number of rotatable bonds is 13. The highest BCUT2D eigenvalue weighted by Crippen LogP contribution is 2.38. The van der Waals surface area contributed by atoms with Gasteiger partial charge in [-0.3, -0.25) is 9.59 Å². The number of hydrogen-bond acceptors (Lipinski definition) is 6. The number of carbonyl (C=O) groups excluding carboxylic acids is 3. The standard InChI is InChI=1S/C47H42N4O6/c1-3-42(57-35-16-10-12-30(2)28-35)46(54)49-33-22-24-34(25-23-33)56-43-29-39(44(52)38-19-8-7-18-37(38)43)45(53)48-27-26-32-14-5-9-20-40(32)50-47(55)51-41-21-11-15-31-13-4-6-17-36(31)41/h4-25,28-29,42,52H,3,26-27H2,1-2H3,(H,48,53)(H,49,54)(H2,50,51,55). The maximum Gasteiger partial charge on any atom is 0.323 e. The minimum atomic E-state index is -0.671. The molecule has 0 aliphatic heterocycles. The predicted molar refractivity (Wildman–Crippen MR) is 226 cm³/mol. The van der Waals surface area contributed by atoms with Crippen LogP contribution in [0.25, 0.3) is 21.5 Å². The van der Waals surface area contributed by atoms with E-state index in [1.165, 1.54) is 6.07 Å². The Kier molecular flexibility index (Phi) is 11.6. The Balaban J connectivity index is 0.997. The maximum atomic E-state index is 13.6. The van der Waals surface area contributed by atoms with Gasteiger partial charge in [0.1, 0.15) is 23.0 Å². The number of anilines is 3. The molecule has 1 unspecified atom stereocenters. The van der Waals surface area contributed by atoms with Crippen LogP contribution in [0, 0.1) is 6.92 Å². The third kappa shape index (κ3) is 9.14. The second-order valence-corrected chi connectivity index (χ2v) is 13.5. The molecule has 0 aliphatic carbocycles. The summed E-state index contributed by atoms with van der Waals surface area (Å²) in [5.41, 5.74) is 3.78. The molecule has 7 aromatic carbocycles. The smallest absolute Gasteiger partial charge is 0.323 e. The summed E-state index contributed by atoms with van der Waals surface area (Å²) in [4.78, 5) is 39.7. The SMILES string of the molecule is CCC(Oc1cccc(C)c1)C(=O)Nc1ccc(Oc2cc(C(=O)NCCc3ccccc3NC(=O)Nc3cccc4ccccc34)c(O)c3ccccc23)cc1. The van der Waals surface area contributed by atoms with Crippen molar-refractivity contribution in [1.82, 2.24) is 5.32 Å². The normalized spacial score (nSPS) is 11.4. The van der Waals surface area contributed by atoms with Gasteiger partial charge in [0.2, 0.25) is 0 Å². The van der Waals surface area contributed by atoms with E-state index in [1.54, 1.807) is 42.5 Å². The van der Waals surface area contributed by atoms with E-state index in [4.69, 9.17) is 9.47 Å². The molecule has 0 aliphatic rings. The summed E-state index contributed by atoms with van der Waals surface area (Å²) in [6.45, 7) is 4.09. The lowest BCUT2D eigenvalue weighted by atomic mass is 10.0. The molecule has 10 nitrogen and oxygen atoms in total. The number of carbonyl (C=O) groups is 3. The molecule has 0 spiro atoms. The van der Waals surface area contributed by atoms with Gasteiger partial charge in [-0.2, -0.15) is 0 Å². The number of amides is 4. The topological polar surface area (TPSA) is 138 Å². The molecule has 7 aromatic rings. The summed E-state index contributed by atoms with van der Waals surface area (Å²) in [5.74, 6) is 0.543. The van der Waals surface area contributed by atoms with Crippen molar-refractivity contribution in [3.8, 4) is 23.0 Å². The van der Waals surface area contributed by atoms with Crippen LogP contribution in [0.15, 0.2) is 146 Å². The molecular weight excluding hydrogens is 717 g/mol. The summed E-state index contributed by atoms with van der Waals surface area (Å²) in [6.07, 6.45) is 0.227. The Hall–Kier alpha value is -7.33. The molecule has 0 bridgehead atoms. The highest BCUT2D eigenvalue weighted by molar-refractivity contribution is 6.07. The van der Waals surface area contributed by atoms with Gasteiger partial charge in [-0.1, -0.05) is 97.9 Å². The molecule has 7 rings (SSSR count). The minimum Gasteiger partial charge on any atom is -0.506 e. The van der Waals surface area contributed by atoms with E-state index in [1.807, 2.05) is 111 Å². The number of para-hydroxylation sites is 1. The molecule has 0 saturated heterocycles. The first-order valence-corrected chi connectivity index (χ1v) is 18.7. The summed E-state index contributed by atoms with van der Waals surface area (Å²) < 4.78 is 12.2. The van der Waals surface area contributed by atoms with Crippen molar-refractivity contribution in [1.29, 1.82) is 0 Å². The van der Waals surface area contributed by atoms with Gasteiger partial charge in [-0.15, -0.1) is 0 Å². The number of urea groups is 1. The van der Waals surface area contributed by atoms with Crippen LogP contribution in [0.1, 0.15) is 34.8 Å². The molecule has 1 atom stereocenters. The Morgan fingerprint density at radius 1 is 0.667 bits per heavy atom. The van der Waals surface area contributed by atoms with Crippen molar-refractivity contribution in [2.24, 2.45) is 0 Å². The summed E-state index contributed by atoms with van der Waals surface area (Å²) in [6, 6.07) is 43.7. The van der Waals surface area contributed by atoms with E-state index < -0.39 is 12.0 Å². The molecule has 0 aromatic heterocycles. The van der Waals surface area contributed by atoms with Crippen molar-refractivity contribution in [2.75, 3.05) is 22.5 Å². The van der Waals surface area contributed by atoms with Crippen LogP contribution >= 0.6 is 0 Å². The molecule has 0 saturated carbocycles. The number of phenols is 1. The van der Waals surface area contributed by atoms with E-state index in [9.17, 15) is 19.5 Å². The van der Waals surface area contributed by atoms with Crippen LogP contribution in [-0.2, 0) is 11.2 Å². The van der Waals surface area contributed by atoms with E-state index >= 15 is 0 Å². The fourth-order valence-electron chi connectivity index (χ4n) is 6.59. The average molecular weight is 759 g/mol.